The van der Waals surface area contributed by atoms with Crippen molar-refractivity contribution in [2.75, 3.05) is 5.32 Å². The molecular formula is C11H10NO4-. The molecule has 0 aliphatic heterocycles. The number of hydrogen-bond acceptors (Lipinski definition) is 4. The number of carbonyl (C=O) groups excluding carboxylic acids is 2. The van der Waals surface area contributed by atoms with Crippen LogP contribution in [-0.2, 0) is 16.2 Å². The first kappa shape index (κ1) is 11.9. The van der Waals surface area contributed by atoms with Gasteiger partial charge in [-0.25, -0.2) is 0 Å². The fraction of sp³-hybridized carbons (Fsp3) is 0.0909. The quantitative estimate of drug-likeness (QED) is 0.664. The van der Waals surface area contributed by atoms with Crippen molar-refractivity contribution in [3.8, 4) is 0 Å². The van der Waals surface area contributed by atoms with Crippen molar-refractivity contribution >= 4 is 17.6 Å². The van der Waals surface area contributed by atoms with Gasteiger partial charge in [-0.05, 0) is 12.1 Å². The van der Waals surface area contributed by atoms with Crippen molar-refractivity contribution in [2.24, 2.45) is 0 Å². The number of nitrogens with one attached hydrogen (secondary N) is 1. The molecule has 0 saturated heterocycles. The van der Waals surface area contributed by atoms with Gasteiger partial charge in [0, 0.05) is 17.3 Å². The van der Waals surface area contributed by atoms with Crippen molar-refractivity contribution in [3.05, 3.63) is 42.0 Å². The number of aliphatic hydroxyl groups excluding tert-OH is 1. The van der Waals surface area contributed by atoms with Crippen molar-refractivity contribution in [2.45, 2.75) is 6.61 Å². The van der Waals surface area contributed by atoms with E-state index in [0.29, 0.717) is 17.3 Å². The first-order valence-corrected chi connectivity index (χ1v) is 4.52. The Hall–Kier alpha value is -2.14. The summed E-state index contributed by atoms with van der Waals surface area (Å²) in [6, 6.07) is 6.67. The van der Waals surface area contributed by atoms with Crippen LogP contribution in [0.2, 0.25) is 0 Å². The smallest absolute Gasteiger partial charge is 0.248 e. The van der Waals surface area contributed by atoms with Gasteiger partial charge < -0.3 is 20.3 Å². The molecule has 5 nitrogen and oxygen atoms in total. The zero-order valence-corrected chi connectivity index (χ0v) is 8.34. The summed E-state index contributed by atoms with van der Waals surface area (Å²) in [5.74, 6) is -2.03. The fourth-order valence-corrected chi connectivity index (χ4v) is 1.10. The number of aliphatic carboxylic acids is 1. The summed E-state index contributed by atoms with van der Waals surface area (Å²) in [4.78, 5) is 21.3. The molecule has 0 aromatic heterocycles. The molecule has 2 N–H and O–H groups in total. The number of rotatable bonds is 4. The van der Waals surface area contributed by atoms with Crippen molar-refractivity contribution in [1.29, 1.82) is 0 Å². The number of aliphatic hydroxyl groups is 1. The molecule has 0 heterocycles. The summed E-state index contributed by atoms with van der Waals surface area (Å²) in [6.07, 6.45) is 1.49. The van der Waals surface area contributed by atoms with Crippen molar-refractivity contribution in [1.82, 2.24) is 0 Å². The zero-order chi connectivity index (χ0) is 12.0. The number of benzene rings is 1. The van der Waals surface area contributed by atoms with E-state index in [1.807, 2.05) is 0 Å². The minimum absolute atomic E-state index is 0.208. The first-order valence-electron chi connectivity index (χ1n) is 4.52. The minimum Gasteiger partial charge on any atom is -0.545 e. The SMILES string of the molecule is O=C([O-])/C=C\C(=O)Nc1ccccc1CO. The summed E-state index contributed by atoms with van der Waals surface area (Å²) in [5.41, 5.74) is 0.996. The summed E-state index contributed by atoms with van der Waals surface area (Å²) in [5, 5.41) is 21.5. The number of para-hydroxylation sites is 1. The Balaban J connectivity index is 2.73. The Morgan fingerprint density at radius 3 is 2.62 bits per heavy atom. The van der Waals surface area contributed by atoms with Gasteiger partial charge in [-0.15, -0.1) is 0 Å². The molecule has 0 bridgehead atoms. The summed E-state index contributed by atoms with van der Waals surface area (Å²) in [6.45, 7) is -0.208. The van der Waals surface area contributed by atoms with Crippen LogP contribution in [0, 0.1) is 0 Å². The maximum Gasteiger partial charge on any atom is 0.248 e. The number of anilines is 1. The molecule has 0 aliphatic rings. The molecule has 1 rings (SSSR count). The zero-order valence-electron chi connectivity index (χ0n) is 8.34. The van der Waals surface area contributed by atoms with Gasteiger partial charge in [0.15, 0.2) is 0 Å². The highest BCUT2D eigenvalue weighted by atomic mass is 16.4. The lowest BCUT2D eigenvalue weighted by Gasteiger charge is -2.06. The van der Waals surface area contributed by atoms with E-state index in [1.165, 1.54) is 0 Å². The van der Waals surface area contributed by atoms with E-state index in [4.69, 9.17) is 5.11 Å². The average Bonchev–Trinajstić information content (AvgIpc) is 2.27. The van der Waals surface area contributed by atoms with Crippen LogP contribution in [0.3, 0.4) is 0 Å². The number of carboxylic acids is 1. The average molecular weight is 220 g/mol. The van der Waals surface area contributed by atoms with Gasteiger partial charge in [0.2, 0.25) is 5.91 Å². The molecule has 0 fully saturated rings. The van der Waals surface area contributed by atoms with Crippen LogP contribution in [0.5, 0.6) is 0 Å². The molecule has 1 amide bonds. The lowest BCUT2D eigenvalue weighted by Crippen LogP contribution is -2.20. The predicted octanol–water partition coefficient (Wildman–Crippen LogP) is -0.577. The third kappa shape index (κ3) is 3.55. The maximum atomic E-state index is 11.2. The second-order valence-corrected chi connectivity index (χ2v) is 2.96. The van der Waals surface area contributed by atoms with E-state index in [1.54, 1.807) is 24.3 Å². The normalized spacial score (nSPS) is 10.3. The van der Waals surface area contributed by atoms with Crippen LogP contribution < -0.4 is 10.4 Å². The molecule has 0 radical (unpaired) electrons. The molecule has 0 unspecified atom stereocenters. The summed E-state index contributed by atoms with van der Waals surface area (Å²) in [7, 11) is 0. The Kier molecular flexibility index (Phi) is 4.23. The van der Waals surface area contributed by atoms with E-state index >= 15 is 0 Å². The maximum absolute atomic E-state index is 11.2. The van der Waals surface area contributed by atoms with Crippen molar-refractivity contribution < 1.29 is 19.8 Å². The number of carboxylic acid groups (broad SMARTS) is 1. The Morgan fingerprint density at radius 2 is 2.00 bits per heavy atom. The van der Waals surface area contributed by atoms with Crippen LogP contribution in [-0.4, -0.2) is 17.0 Å². The molecule has 1 aromatic carbocycles. The minimum atomic E-state index is -1.44. The highest BCUT2D eigenvalue weighted by molar-refractivity contribution is 6.02. The van der Waals surface area contributed by atoms with E-state index in [0.717, 1.165) is 6.08 Å². The predicted molar refractivity (Wildman–Crippen MR) is 55.1 cm³/mol. The van der Waals surface area contributed by atoms with Crippen LogP contribution in [0.4, 0.5) is 5.69 Å². The molecule has 16 heavy (non-hydrogen) atoms. The third-order valence-corrected chi connectivity index (χ3v) is 1.82. The van der Waals surface area contributed by atoms with E-state index in [2.05, 4.69) is 5.32 Å². The topological polar surface area (TPSA) is 89.5 Å². The molecule has 0 atom stereocenters. The van der Waals surface area contributed by atoms with Crippen LogP contribution in [0.1, 0.15) is 5.56 Å². The molecule has 0 aliphatic carbocycles. The second kappa shape index (κ2) is 5.67. The van der Waals surface area contributed by atoms with E-state index in [9.17, 15) is 14.7 Å². The molecule has 0 spiro atoms. The molecule has 84 valence electrons. The second-order valence-electron chi connectivity index (χ2n) is 2.96. The number of hydrogen-bond donors (Lipinski definition) is 2. The lowest BCUT2D eigenvalue weighted by molar-refractivity contribution is -0.297. The van der Waals surface area contributed by atoms with Gasteiger partial charge in [-0.1, -0.05) is 18.2 Å². The van der Waals surface area contributed by atoms with Crippen LogP contribution in [0.25, 0.3) is 0 Å². The lowest BCUT2D eigenvalue weighted by atomic mass is 10.2. The third-order valence-electron chi connectivity index (χ3n) is 1.82. The van der Waals surface area contributed by atoms with E-state index in [-0.39, 0.29) is 6.61 Å². The first-order chi connectivity index (χ1) is 7.63. The van der Waals surface area contributed by atoms with Gasteiger partial charge in [0.25, 0.3) is 0 Å². The Bertz CT molecular complexity index is 426. The van der Waals surface area contributed by atoms with E-state index < -0.39 is 11.9 Å². The van der Waals surface area contributed by atoms with Crippen LogP contribution in [0.15, 0.2) is 36.4 Å². The monoisotopic (exact) mass is 220 g/mol. The van der Waals surface area contributed by atoms with Gasteiger partial charge >= 0.3 is 0 Å². The summed E-state index contributed by atoms with van der Waals surface area (Å²) < 4.78 is 0. The van der Waals surface area contributed by atoms with Gasteiger partial charge in [0.1, 0.15) is 0 Å². The molecule has 5 heteroatoms. The standard InChI is InChI=1S/C11H11NO4/c13-7-8-3-1-2-4-9(8)12-10(14)5-6-11(15)16/h1-6,13H,7H2,(H,12,14)(H,15,16)/p-1/b6-5-. The Labute approximate surface area is 92.0 Å². The molecule has 1 aromatic rings. The highest BCUT2D eigenvalue weighted by Crippen LogP contribution is 2.14. The Morgan fingerprint density at radius 1 is 1.31 bits per heavy atom. The highest BCUT2D eigenvalue weighted by Gasteiger charge is 2.02. The van der Waals surface area contributed by atoms with Gasteiger partial charge in [0.05, 0.1) is 12.6 Å². The van der Waals surface area contributed by atoms with Crippen LogP contribution >= 0.6 is 0 Å². The molecule has 0 saturated carbocycles. The summed E-state index contributed by atoms with van der Waals surface area (Å²) >= 11 is 0. The number of amides is 1. The van der Waals surface area contributed by atoms with Gasteiger partial charge in [-0.2, -0.15) is 0 Å². The largest absolute Gasteiger partial charge is 0.545 e. The fourth-order valence-electron chi connectivity index (χ4n) is 1.10. The van der Waals surface area contributed by atoms with Crippen molar-refractivity contribution in [3.63, 3.8) is 0 Å². The molecular weight excluding hydrogens is 210 g/mol. The van der Waals surface area contributed by atoms with Gasteiger partial charge in [-0.3, -0.25) is 4.79 Å². The number of carbonyl (C=O) groups is 2.